The van der Waals surface area contributed by atoms with Crippen LogP contribution in [0.2, 0.25) is 0 Å². The molecule has 1 aromatic heterocycles. The predicted molar refractivity (Wildman–Crippen MR) is 80.5 cm³/mol. The van der Waals surface area contributed by atoms with Crippen LogP contribution in [0.3, 0.4) is 0 Å². The number of hydrogen-bond donors (Lipinski definition) is 0. The van der Waals surface area contributed by atoms with E-state index < -0.39 is 16.0 Å². The third-order valence-corrected chi connectivity index (χ3v) is 4.86. The van der Waals surface area contributed by atoms with Gasteiger partial charge in [-0.2, -0.15) is 0 Å². The van der Waals surface area contributed by atoms with Gasteiger partial charge in [0.2, 0.25) is 0 Å². The van der Waals surface area contributed by atoms with Gasteiger partial charge < -0.3 is 4.74 Å². The molecule has 0 fully saturated rings. The van der Waals surface area contributed by atoms with Crippen molar-refractivity contribution < 1.29 is 13.7 Å². The van der Waals surface area contributed by atoms with Crippen LogP contribution in [0.25, 0.3) is 0 Å². The number of methoxy groups -OCH3 is 1. The zero-order valence-electron chi connectivity index (χ0n) is 10.8. The summed E-state index contributed by atoms with van der Waals surface area (Å²) in [5.41, 5.74) is 1.01. The number of carbonyl (C=O) groups is 1. The highest BCUT2D eigenvalue weighted by Gasteiger charge is 2.23. The lowest BCUT2D eigenvalue weighted by Crippen LogP contribution is -2.09. The average molecular weight is 330 g/mol. The molecule has 0 amide bonds. The highest BCUT2D eigenvalue weighted by atomic mass is 35.7. The van der Waals surface area contributed by atoms with Gasteiger partial charge in [-0.15, -0.1) is 0 Å². The molecular formula is C13H12ClNO3S2. The van der Waals surface area contributed by atoms with E-state index in [4.69, 9.17) is 15.4 Å². The van der Waals surface area contributed by atoms with Crippen molar-refractivity contribution in [3.05, 3.63) is 47.7 Å². The maximum atomic E-state index is 11.9. The zero-order valence-corrected chi connectivity index (χ0v) is 13.2. The largest absolute Gasteiger partial charge is 0.464 e. The molecule has 2 rings (SSSR count). The second-order valence-electron chi connectivity index (χ2n) is 3.93. The second-order valence-corrected chi connectivity index (χ2v) is 6.65. The Bertz CT molecular complexity index is 655. The molecule has 0 aliphatic rings. The Morgan fingerprint density at radius 3 is 2.55 bits per heavy atom. The Balaban J connectivity index is 2.53. The number of carbonyl (C=O) groups excluding carboxylic acids is 1. The van der Waals surface area contributed by atoms with Crippen LogP contribution in [0.15, 0.2) is 46.3 Å². The van der Waals surface area contributed by atoms with Crippen LogP contribution in [0, 0.1) is 6.92 Å². The van der Waals surface area contributed by atoms with Crippen molar-refractivity contribution in [2.24, 2.45) is 0 Å². The van der Waals surface area contributed by atoms with Crippen molar-refractivity contribution >= 4 is 38.6 Å². The van der Waals surface area contributed by atoms with Gasteiger partial charge in [0, 0.05) is 4.90 Å². The smallest absolute Gasteiger partial charge is 0.355 e. The van der Waals surface area contributed by atoms with Gasteiger partial charge >= 0.3 is 5.97 Å². The Labute approximate surface area is 128 Å². The fourth-order valence-corrected chi connectivity index (χ4v) is 3.92. The van der Waals surface area contributed by atoms with Crippen molar-refractivity contribution in [1.82, 2.24) is 3.97 Å². The van der Waals surface area contributed by atoms with Gasteiger partial charge in [0.15, 0.2) is 10.0 Å². The Hall–Kier alpha value is -1.24. The maximum Gasteiger partial charge on any atom is 0.355 e. The highest BCUT2D eigenvalue weighted by molar-refractivity contribution is 8.08. The van der Waals surface area contributed by atoms with Crippen LogP contribution in [-0.2, 0) is 14.7 Å². The third-order valence-electron chi connectivity index (χ3n) is 2.60. The molecule has 0 spiro atoms. The topological polar surface area (TPSA) is 48.3 Å². The molecule has 2 aromatic rings. The Morgan fingerprint density at radius 1 is 1.35 bits per heavy atom. The van der Waals surface area contributed by atoms with E-state index >= 15 is 0 Å². The normalized spacial score (nSPS) is 12.2. The number of halogens is 1. The zero-order chi connectivity index (χ0) is 14.7. The molecule has 20 heavy (non-hydrogen) atoms. The van der Waals surface area contributed by atoms with Crippen LogP contribution >= 0.6 is 22.6 Å². The van der Waals surface area contributed by atoms with Crippen LogP contribution in [-0.4, -0.2) is 21.3 Å². The lowest BCUT2D eigenvalue weighted by Gasteiger charge is -2.09. The quantitative estimate of drug-likeness (QED) is 0.637. The number of benzene rings is 1. The van der Waals surface area contributed by atoms with Crippen molar-refractivity contribution in [2.45, 2.75) is 16.8 Å². The summed E-state index contributed by atoms with van der Waals surface area (Å²) in [6, 6.07) is 11.1. The van der Waals surface area contributed by atoms with E-state index in [1.807, 2.05) is 30.3 Å². The fourth-order valence-electron chi connectivity index (χ4n) is 1.71. The van der Waals surface area contributed by atoms with Gasteiger partial charge in [0.1, 0.15) is 10.7 Å². The number of hydrogen-bond acceptors (Lipinski definition) is 4. The molecule has 1 unspecified atom stereocenters. The lowest BCUT2D eigenvalue weighted by molar-refractivity contribution is 0.0592. The van der Waals surface area contributed by atoms with Gasteiger partial charge in [-0.1, -0.05) is 18.2 Å². The molecule has 0 N–H and O–H groups in total. The summed E-state index contributed by atoms with van der Waals surface area (Å²) in [4.78, 5) is 12.8. The van der Waals surface area contributed by atoms with E-state index in [2.05, 4.69) is 0 Å². The van der Waals surface area contributed by atoms with Crippen LogP contribution in [0.4, 0.5) is 0 Å². The summed E-state index contributed by atoms with van der Waals surface area (Å²) in [5, 5.41) is 0.360. The van der Waals surface area contributed by atoms with E-state index in [1.54, 1.807) is 17.0 Å². The van der Waals surface area contributed by atoms with E-state index in [0.717, 1.165) is 4.90 Å². The molecule has 1 heterocycles. The molecule has 0 bridgehead atoms. The first-order valence-electron chi connectivity index (χ1n) is 5.66. The van der Waals surface area contributed by atoms with Crippen molar-refractivity contribution in [3.63, 3.8) is 0 Å². The molecule has 4 nitrogen and oxygen atoms in total. The summed E-state index contributed by atoms with van der Waals surface area (Å²) in [5.74, 6) is -0.487. The standard InChI is InChI=1S/C13H12ClNO3S2/c1-9-8-11(20(14)17)15(12(9)13(16)18-2)19-10-6-4-3-5-7-10/h3-8H,1-2H3. The van der Waals surface area contributed by atoms with Gasteiger partial charge in [-0.05, 0) is 53.3 Å². The van der Waals surface area contributed by atoms with E-state index in [-0.39, 0.29) is 0 Å². The lowest BCUT2D eigenvalue weighted by atomic mass is 10.3. The number of rotatable bonds is 4. The van der Waals surface area contributed by atoms with Crippen LogP contribution in [0.5, 0.6) is 0 Å². The minimum atomic E-state index is -1.72. The molecule has 7 heteroatoms. The molecule has 106 valence electrons. The number of nitrogens with zero attached hydrogens (tertiary/aromatic N) is 1. The molecule has 1 aromatic carbocycles. The monoisotopic (exact) mass is 329 g/mol. The first-order chi connectivity index (χ1) is 9.54. The molecule has 0 aliphatic heterocycles. The van der Waals surface area contributed by atoms with E-state index in [9.17, 15) is 9.00 Å². The molecule has 0 saturated carbocycles. The highest BCUT2D eigenvalue weighted by Crippen LogP contribution is 2.30. The van der Waals surface area contributed by atoms with Crippen molar-refractivity contribution in [1.29, 1.82) is 0 Å². The van der Waals surface area contributed by atoms with Gasteiger partial charge in [0.05, 0.1) is 7.11 Å². The van der Waals surface area contributed by atoms with E-state index in [1.165, 1.54) is 19.1 Å². The fraction of sp³-hybridized carbons (Fsp3) is 0.154. The Kier molecular flexibility index (Phi) is 4.91. The predicted octanol–water partition coefficient (Wildman–Crippen LogP) is 3.40. The second kappa shape index (κ2) is 6.47. The molecule has 1 atom stereocenters. The Morgan fingerprint density at radius 2 is 2.00 bits per heavy atom. The minimum Gasteiger partial charge on any atom is -0.464 e. The van der Waals surface area contributed by atoms with Crippen molar-refractivity contribution in [2.75, 3.05) is 7.11 Å². The van der Waals surface area contributed by atoms with Crippen molar-refractivity contribution in [3.8, 4) is 0 Å². The minimum absolute atomic E-state index is 0.338. The van der Waals surface area contributed by atoms with Gasteiger partial charge in [0.25, 0.3) is 0 Å². The molecular weight excluding hydrogens is 318 g/mol. The first-order valence-corrected chi connectivity index (χ1v) is 8.41. The van der Waals surface area contributed by atoms with Crippen LogP contribution in [0.1, 0.15) is 16.1 Å². The average Bonchev–Trinajstić information content (AvgIpc) is 2.76. The summed E-state index contributed by atoms with van der Waals surface area (Å²) in [6.45, 7) is 1.75. The maximum absolute atomic E-state index is 11.9. The summed E-state index contributed by atoms with van der Waals surface area (Å²) < 4.78 is 18.0. The molecule has 0 aliphatic carbocycles. The summed E-state index contributed by atoms with van der Waals surface area (Å²) in [6.07, 6.45) is 0. The third kappa shape index (κ3) is 3.08. The SMILES string of the molecule is COC(=O)c1c(C)cc(S(=O)Cl)n1Sc1ccccc1. The number of aryl methyl sites for hydroxylation is 1. The first kappa shape index (κ1) is 15.2. The van der Waals surface area contributed by atoms with Gasteiger partial charge in [-0.3, -0.25) is 3.97 Å². The summed E-state index contributed by atoms with van der Waals surface area (Å²) >= 11 is 1.27. The van der Waals surface area contributed by atoms with E-state index in [0.29, 0.717) is 16.3 Å². The molecule has 0 radical (unpaired) electrons. The number of esters is 1. The number of ether oxygens (including phenoxy) is 1. The molecule has 0 saturated heterocycles. The van der Waals surface area contributed by atoms with Crippen LogP contribution < -0.4 is 0 Å². The summed E-state index contributed by atoms with van der Waals surface area (Å²) in [7, 11) is 5.29. The van der Waals surface area contributed by atoms with Gasteiger partial charge in [-0.25, -0.2) is 9.00 Å². The number of aromatic nitrogens is 1.